The molecule has 9 heteroatoms. The van der Waals surface area contributed by atoms with Crippen LogP contribution in [0.2, 0.25) is 5.02 Å². The van der Waals surface area contributed by atoms with Crippen molar-refractivity contribution in [3.63, 3.8) is 0 Å². The highest BCUT2D eigenvalue weighted by Crippen LogP contribution is 2.32. The molecule has 29 heavy (non-hydrogen) atoms. The van der Waals surface area contributed by atoms with Gasteiger partial charge in [-0.15, -0.1) is 0 Å². The van der Waals surface area contributed by atoms with Gasteiger partial charge in [0.1, 0.15) is 11.5 Å². The molecule has 0 bridgehead atoms. The van der Waals surface area contributed by atoms with E-state index in [1.54, 1.807) is 29.1 Å². The Morgan fingerprint density at radius 3 is 2.69 bits per heavy atom. The molecule has 1 aromatic heterocycles. The number of benzene rings is 2. The maximum absolute atomic E-state index is 12.3. The predicted molar refractivity (Wildman–Crippen MR) is 110 cm³/mol. The van der Waals surface area contributed by atoms with Gasteiger partial charge in [-0.25, -0.2) is 0 Å². The fraction of sp³-hybridized carbons (Fsp3) is 0.200. The average molecular weight is 415 g/mol. The maximum atomic E-state index is 12.3. The molecule has 0 saturated carbocycles. The molecule has 1 amide bonds. The highest BCUT2D eigenvalue weighted by Gasteiger charge is 2.14. The summed E-state index contributed by atoms with van der Waals surface area (Å²) in [5.41, 5.74) is 1.82. The first-order valence-electron chi connectivity index (χ1n) is 8.83. The van der Waals surface area contributed by atoms with Crippen molar-refractivity contribution in [1.82, 2.24) is 9.78 Å². The van der Waals surface area contributed by atoms with Crippen molar-refractivity contribution in [3.05, 3.63) is 75.1 Å². The summed E-state index contributed by atoms with van der Waals surface area (Å²) < 4.78 is 7.50. The van der Waals surface area contributed by atoms with Crippen LogP contribution >= 0.6 is 11.6 Å². The third-order valence-electron chi connectivity index (χ3n) is 4.23. The predicted octanol–water partition coefficient (Wildman–Crippen LogP) is 4.88. The number of nitrogens with zero attached hydrogens (tertiary/aromatic N) is 3. The molecule has 2 aromatic carbocycles. The summed E-state index contributed by atoms with van der Waals surface area (Å²) in [7, 11) is 0. The Morgan fingerprint density at radius 2 is 2.03 bits per heavy atom. The second kappa shape index (κ2) is 8.74. The minimum absolute atomic E-state index is 0.178. The Morgan fingerprint density at radius 1 is 1.24 bits per heavy atom. The first-order valence-corrected chi connectivity index (χ1v) is 9.21. The Hall–Kier alpha value is -3.39. The lowest BCUT2D eigenvalue weighted by atomic mass is 10.2. The number of nitro groups is 1. The summed E-state index contributed by atoms with van der Waals surface area (Å²) in [6, 6.07) is 11.1. The molecular weight excluding hydrogens is 396 g/mol. The quantitative estimate of drug-likeness (QED) is 0.438. The molecule has 0 spiro atoms. The van der Waals surface area contributed by atoms with Crippen molar-refractivity contribution >= 4 is 28.9 Å². The van der Waals surface area contributed by atoms with Gasteiger partial charge in [0, 0.05) is 42.0 Å². The number of non-ortho nitro benzene ring substituents is 1. The standard InChI is InChI=1S/C20H19ClN4O4/c1-13-9-15(21)3-4-19(13)29-18-11-16(10-17(12-18)25(27)28)23-20(26)6-8-24-14(2)5-7-22-24/h3-5,7,9-12H,6,8H2,1-2H3,(H,23,26). The summed E-state index contributed by atoms with van der Waals surface area (Å²) in [5.74, 6) is 0.471. The molecule has 1 N–H and O–H groups in total. The Bertz CT molecular complexity index is 1060. The van der Waals surface area contributed by atoms with Crippen molar-refractivity contribution in [3.8, 4) is 11.5 Å². The van der Waals surface area contributed by atoms with Crippen molar-refractivity contribution in [2.24, 2.45) is 0 Å². The molecule has 0 unspecified atom stereocenters. The molecule has 8 nitrogen and oxygen atoms in total. The molecule has 1 heterocycles. The molecule has 0 atom stereocenters. The SMILES string of the molecule is Cc1cc(Cl)ccc1Oc1cc(NC(=O)CCn2nccc2C)cc([N+](=O)[O-])c1. The minimum atomic E-state index is -0.537. The number of amides is 1. The zero-order valence-electron chi connectivity index (χ0n) is 15.9. The van der Waals surface area contributed by atoms with Gasteiger partial charge in [0.2, 0.25) is 5.91 Å². The van der Waals surface area contributed by atoms with Crippen LogP contribution in [0, 0.1) is 24.0 Å². The Kier molecular flexibility index (Phi) is 6.13. The minimum Gasteiger partial charge on any atom is -0.457 e. The van der Waals surface area contributed by atoms with Gasteiger partial charge in [-0.3, -0.25) is 19.6 Å². The van der Waals surface area contributed by atoms with Crippen LogP contribution in [-0.4, -0.2) is 20.6 Å². The zero-order valence-corrected chi connectivity index (χ0v) is 16.6. The highest BCUT2D eigenvalue weighted by atomic mass is 35.5. The normalized spacial score (nSPS) is 10.6. The third-order valence-corrected chi connectivity index (χ3v) is 4.47. The summed E-state index contributed by atoms with van der Waals surface area (Å²) in [6.45, 7) is 4.12. The number of hydrogen-bond acceptors (Lipinski definition) is 5. The van der Waals surface area contributed by atoms with E-state index in [0.29, 0.717) is 17.3 Å². The van der Waals surface area contributed by atoms with Crippen LogP contribution in [0.1, 0.15) is 17.7 Å². The maximum Gasteiger partial charge on any atom is 0.275 e. The van der Waals surface area contributed by atoms with E-state index < -0.39 is 4.92 Å². The van der Waals surface area contributed by atoms with Crippen molar-refractivity contribution < 1.29 is 14.5 Å². The lowest BCUT2D eigenvalue weighted by Gasteiger charge is -2.11. The monoisotopic (exact) mass is 414 g/mol. The van der Waals surface area contributed by atoms with E-state index in [2.05, 4.69) is 10.4 Å². The molecule has 150 valence electrons. The van der Waals surface area contributed by atoms with E-state index in [4.69, 9.17) is 16.3 Å². The van der Waals surface area contributed by atoms with E-state index in [9.17, 15) is 14.9 Å². The van der Waals surface area contributed by atoms with Gasteiger partial charge >= 0.3 is 0 Å². The number of carbonyl (C=O) groups is 1. The van der Waals surface area contributed by atoms with Crippen molar-refractivity contribution in [2.45, 2.75) is 26.8 Å². The van der Waals surface area contributed by atoms with Crippen LogP contribution in [0.25, 0.3) is 0 Å². The number of rotatable bonds is 7. The van der Waals surface area contributed by atoms with Crippen LogP contribution < -0.4 is 10.1 Å². The number of hydrogen-bond donors (Lipinski definition) is 1. The van der Waals surface area contributed by atoms with Crippen LogP contribution in [0.3, 0.4) is 0 Å². The van der Waals surface area contributed by atoms with Crippen molar-refractivity contribution in [2.75, 3.05) is 5.32 Å². The van der Waals surface area contributed by atoms with E-state index in [-0.39, 0.29) is 29.5 Å². The molecule has 3 aromatic rings. The Labute approximate surface area is 172 Å². The van der Waals surface area contributed by atoms with Crippen LogP contribution in [0.5, 0.6) is 11.5 Å². The van der Waals surface area contributed by atoms with Gasteiger partial charge in [0.05, 0.1) is 16.7 Å². The number of anilines is 1. The van der Waals surface area contributed by atoms with Crippen LogP contribution in [-0.2, 0) is 11.3 Å². The average Bonchev–Trinajstić information content (AvgIpc) is 3.07. The lowest BCUT2D eigenvalue weighted by Crippen LogP contribution is -2.15. The Balaban J connectivity index is 1.76. The fourth-order valence-electron chi connectivity index (χ4n) is 2.74. The summed E-state index contributed by atoms with van der Waals surface area (Å²) >= 11 is 5.95. The molecule has 0 saturated heterocycles. The molecule has 0 aliphatic carbocycles. The van der Waals surface area contributed by atoms with E-state index in [1.165, 1.54) is 18.2 Å². The second-order valence-corrected chi connectivity index (χ2v) is 6.91. The first-order chi connectivity index (χ1) is 13.8. The molecule has 0 aliphatic rings. The third kappa shape index (κ3) is 5.32. The van der Waals surface area contributed by atoms with Gasteiger partial charge in [-0.05, 0) is 43.7 Å². The molecule has 3 rings (SSSR count). The van der Waals surface area contributed by atoms with E-state index >= 15 is 0 Å². The number of aryl methyl sites for hydroxylation is 3. The largest absolute Gasteiger partial charge is 0.457 e. The molecule has 0 radical (unpaired) electrons. The zero-order chi connectivity index (χ0) is 21.0. The van der Waals surface area contributed by atoms with Gasteiger partial charge in [0.15, 0.2) is 0 Å². The summed E-state index contributed by atoms with van der Waals surface area (Å²) in [4.78, 5) is 23.0. The fourth-order valence-corrected chi connectivity index (χ4v) is 2.96. The van der Waals surface area contributed by atoms with E-state index in [1.807, 2.05) is 19.9 Å². The van der Waals surface area contributed by atoms with Gasteiger partial charge < -0.3 is 10.1 Å². The van der Waals surface area contributed by atoms with E-state index in [0.717, 1.165) is 11.3 Å². The molecular formula is C20H19ClN4O4. The first kappa shape index (κ1) is 20.3. The number of aromatic nitrogens is 2. The van der Waals surface area contributed by atoms with Crippen LogP contribution in [0.15, 0.2) is 48.7 Å². The molecule has 0 aliphatic heterocycles. The van der Waals surface area contributed by atoms with Gasteiger partial charge in [-0.2, -0.15) is 5.10 Å². The number of ether oxygens (including phenoxy) is 1. The van der Waals surface area contributed by atoms with Gasteiger partial charge in [0.25, 0.3) is 5.69 Å². The summed E-state index contributed by atoms with van der Waals surface area (Å²) in [5, 5.41) is 18.7. The van der Waals surface area contributed by atoms with Crippen LogP contribution in [0.4, 0.5) is 11.4 Å². The smallest absolute Gasteiger partial charge is 0.275 e. The molecule has 0 fully saturated rings. The highest BCUT2D eigenvalue weighted by molar-refractivity contribution is 6.30. The summed E-state index contributed by atoms with van der Waals surface area (Å²) in [6.07, 6.45) is 1.84. The van der Waals surface area contributed by atoms with Gasteiger partial charge in [-0.1, -0.05) is 11.6 Å². The lowest BCUT2D eigenvalue weighted by molar-refractivity contribution is -0.384. The number of nitrogens with one attached hydrogen (secondary N) is 1. The number of halogens is 1. The van der Waals surface area contributed by atoms with Crippen molar-refractivity contribution in [1.29, 1.82) is 0 Å². The number of carbonyl (C=O) groups excluding carboxylic acids is 1. The topological polar surface area (TPSA) is 99.3 Å². The second-order valence-electron chi connectivity index (χ2n) is 6.48. The number of nitro benzene ring substituents is 1.